The molecule has 33 heavy (non-hydrogen) atoms. The van der Waals surface area contributed by atoms with Gasteiger partial charge in [-0.3, -0.25) is 24.5 Å². The quantitative estimate of drug-likeness (QED) is 0.157. The number of aromatic nitrogens is 1. The molecule has 0 aliphatic carbocycles. The third kappa shape index (κ3) is 10.4. The first kappa shape index (κ1) is 28.0. The minimum absolute atomic E-state index is 0. The van der Waals surface area contributed by atoms with Crippen molar-refractivity contribution in [3.63, 3.8) is 0 Å². The van der Waals surface area contributed by atoms with Crippen LogP contribution in [0, 0.1) is 17.0 Å². The summed E-state index contributed by atoms with van der Waals surface area (Å²) in [5, 5.41) is 28.1. The van der Waals surface area contributed by atoms with E-state index in [2.05, 4.69) is 20.9 Å². The van der Waals surface area contributed by atoms with Crippen molar-refractivity contribution in [2.75, 3.05) is 18.4 Å². The van der Waals surface area contributed by atoms with Crippen molar-refractivity contribution >= 4 is 58.8 Å². The molecule has 1 unspecified atom stereocenters. The topological polar surface area (TPSA) is 164 Å². The molecule has 11 nitrogen and oxygen atoms in total. The fourth-order valence-corrected chi connectivity index (χ4v) is 2.89. The van der Waals surface area contributed by atoms with Gasteiger partial charge in [0, 0.05) is 31.3 Å². The van der Waals surface area contributed by atoms with Crippen molar-refractivity contribution in [2.24, 2.45) is 0 Å². The molecule has 0 saturated carbocycles. The summed E-state index contributed by atoms with van der Waals surface area (Å²) in [6, 6.07) is 8.19. The number of benzene rings is 1. The summed E-state index contributed by atoms with van der Waals surface area (Å²) in [5.74, 6) is -1.39. The summed E-state index contributed by atoms with van der Waals surface area (Å²) >= 11 is 0. The average Bonchev–Trinajstić information content (AvgIpc) is 2.74. The van der Waals surface area contributed by atoms with Crippen LogP contribution in [0.5, 0.6) is 0 Å². The second-order valence-electron chi connectivity index (χ2n) is 7.10. The number of hydrogen-bond acceptors (Lipinski definition) is 7. The fourth-order valence-electron chi connectivity index (χ4n) is 2.89. The van der Waals surface area contributed by atoms with Gasteiger partial charge in [0.1, 0.15) is 5.82 Å². The number of aryl methyl sites for hydroxylation is 1. The van der Waals surface area contributed by atoms with Gasteiger partial charge in [-0.1, -0.05) is 12.1 Å². The van der Waals surface area contributed by atoms with Gasteiger partial charge in [-0.15, -0.1) is 0 Å². The van der Waals surface area contributed by atoms with Gasteiger partial charge in [-0.2, -0.15) is 0 Å². The van der Waals surface area contributed by atoms with E-state index >= 15 is 0 Å². The molecule has 1 aromatic heterocycles. The molecule has 0 fully saturated rings. The molecule has 1 atom stereocenters. The number of carboxylic acid groups (broad SMARTS) is 1. The first-order valence-corrected chi connectivity index (χ1v) is 9.93. The maximum atomic E-state index is 12.2. The molecule has 0 radical (unpaired) electrons. The second kappa shape index (κ2) is 14.2. The van der Waals surface area contributed by atoms with E-state index in [1.165, 1.54) is 24.3 Å². The zero-order valence-corrected chi connectivity index (χ0v) is 17.5. The molecule has 2 amide bonds. The number of carboxylic acids is 1. The van der Waals surface area contributed by atoms with E-state index in [4.69, 9.17) is 5.11 Å². The predicted molar refractivity (Wildman–Crippen MR) is 123 cm³/mol. The Bertz CT molecular complexity index is 987. The van der Waals surface area contributed by atoms with Crippen molar-refractivity contribution < 1.29 is 24.4 Å². The molecular weight excluding hydrogens is 441 g/mol. The van der Waals surface area contributed by atoms with Gasteiger partial charge in [0.05, 0.1) is 23.9 Å². The minimum atomic E-state index is -1.18. The summed E-state index contributed by atoms with van der Waals surface area (Å²) in [6.07, 6.45) is 1.95. The number of nitrogens with one attached hydrogen (secondary N) is 3. The van der Waals surface area contributed by atoms with E-state index in [-0.39, 0.29) is 59.7 Å². The number of aliphatic carboxylic acids is 1. The zero-order valence-electron chi connectivity index (χ0n) is 17.5. The van der Waals surface area contributed by atoms with Crippen LogP contribution in [-0.2, 0) is 14.4 Å². The SMILES string of the molecule is Cc1ccnc(NCCCC(=O)NCC(=O)NC(CC(=O)O)c2cccc([N+](=O)[O-])c2)c1.[NaH]. The van der Waals surface area contributed by atoms with Crippen molar-refractivity contribution in [3.8, 4) is 0 Å². The third-order valence-corrected chi connectivity index (χ3v) is 4.45. The van der Waals surface area contributed by atoms with Crippen molar-refractivity contribution in [2.45, 2.75) is 32.2 Å². The number of non-ortho nitro benzene ring substituents is 1. The number of carbonyl (C=O) groups excluding carboxylic acids is 2. The number of amides is 2. The van der Waals surface area contributed by atoms with E-state index in [9.17, 15) is 24.5 Å². The van der Waals surface area contributed by atoms with Crippen LogP contribution in [0.4, 0.5) is 11.5 Å². The number of pyridine rings is 1. The van der Waals surface area contributed by atoms with Gasteiger partial charge >= 0.3 is 35.5 Å². The Morgan fingerprint density at radius 3 is 2.61 bits per heavy atom. The third-order valence-electron chi connectivity index (χ3n) is 4.45. The van der Waals surface area contributed by atoms with Crippen LogP contribution in [0.15, 0.2) is 42.6 Å². The van der Waals surface area contributed by atoms with Crippen LogP contribution in [0.2, 0.25) is 0 Å². The molecule has 0 spiro atoms. The average molecular weight is 467 g/mol. The number of carbonyl (C=O) groups is 3. The fraction of sp³-hybridized carbons (Fsp3) is 0.333. The number of nitrogens with zero attached hydrogens (tertiary/aromatic N) is 2. The Morgan fingerprint density at radius 1 is 1.18 bits per heavy atom. The summed E-state index contributed by atoms with van der Waals surface area (Å²) in [6.45, 7) is 2.14. The number of hydrogen-bond donors (Lipinski definition) is 4. The van der Waals surface area contributed by atoms with Crippen molar-refractivity contribution in [3.05, 3.63) is 63.8 Å². The Morgan fingerprint density at radius 2 is 1.94 bits per heavy atom. The molecule has 4 N–H and O–H groups in total. The Balaban J connectivity index is 0.00000544. The summed E-state index contributed by atoms with van der Waals surface area (Å²) in [5.41, 5.74) is 1.14. The normalized spacial score (nSPS) is 10.9. The monoisotopic (exact) mass is 467 g/mol. The van der Waals surface area contributed by atoms with Gasteiger partial charge in [0.15, 0.2) is 0 Å². The molecule has 0 aliphatic heterocycles. The van der Waals surface area contributed by atoms with Crippen molar-refractivity contribution in [1.82, 2.24) is 15.6 Å². The molecule has 172 valence electrons. The summed E-state index contributed by atoms with van der Waals surface area (Å²) in [4.78, 5) is 49.8. The number of nitro groups is 1. The van der Waals surface area contributed by atoms with Gasteiger partial charge in [-0.25, -0.2) is 4.98 Å². The summed E-state index contributed by atoms with van der Waals surface area (Å²) in [7, 11) is 0. The van der Waals surface area contributed by atoms with E-state index in [0.717, 1.165) is 11.4 Å². The van der Waals surface area contributed by atoms with Crippen LogP contribution in [0.1, 0.15) is 36.4 Å². The molecule has 0 bridgehead atoms. The second-order valence-corrected chi connectivity index (χ2v) is 7.10. The van der Waals surface area contributed by atoms with E-state index in [1.54, 1.807) is 6.20 Å². The first-order valence-electron chi connectivity index (χ1n) is 9.93. The number of anilines is 1. The van der Waals surface area contributed by atoms with Gasteiger partial charge < -0.3 is 21.1 Å². The number of rotatable bonds is 12. The van der Waals surface area contributed by atoms with Crippen LogP contribution in [0.25, 0.3) is 0 Å². The van der Waals surface area contributed by atoms with E-state index < -0.39 is 29.3 Å². The molecule has 1 heterocycles. The molecular formula is C21H26N5NaO6. The predicted octanol–water partition coefficient (Wildman–Crippen LogP) is 1.29. The van der Waals surface area contributed by atoms with Crippen LogP contribution in [0.3, 0.4) is 0 Å². The van der Waals surface area contributed by atoms with Gasteiger partial charge in [-0.05, 0) is 36.6 Å². The molecule has 12 heteroatoms. The Hall–Kier alpha value is -3.02. The molecule has 0 saturated heterocycles. The van der Waals surface area contributed by atoms with Gasteiger partial charge in [0.2, 0.25) is 11.8 Å². The van der Waals surface area contributed by atoms with Crippen LogP contribution >= 0.6 is 0 Å². The standard InChI is InChI=1S/C21H25N5O6.Na.H/c1-14-7-9-23-18(10-14)22-8-3-6-19(27)24-13-20(28)25-17(12-21(29)30)15-4-2-5-16(11-15)26(31)32;;/h2,4-5,7,9-11,17H,3,6,8,12-13H2,1H3,(H,22,23)(H,24,27)(H,25,28)(H,29,30);;. The van der Waals surface area contributed by atoms with E-state index in [0.29, 0.717) is 13.0 Å². The molecule has 1 aromatic carbocycles. The molecule has 2 rings (SSSR count). The van der Waals surface area contributed by atoms with Crippen molar-refractivity contribution in [1.29, 1.82) is 0 Å². The Kier molecular flexibility index (Phi) is 12.0. The summed E-state index contributed by atoms with van der Waals surface area (Å²) < 4.78 is 0. The van der Waals surface area contributed by atoms with Crippen LogP contribution < -0.4 is 16.0 Å². The Labute approximate surface area is 212 Å². The molecule has 2 aromatic rings. The van der Waals surface area contributed by atoms with Crippen LogP contribution in [-0.4, -0.2) is 75.4 Å². The maximum absolute atomic E-state index is 12.2. The number of nitro benzene ring substituents is 1. The zero-order chi connectivity index (χ0) is 23.5. The first-order chi connectivity index (χ1) is 15.2. The van der Waals surface area contributed by atoms with Gasteiger partial charge in [0.25, 0.3) is 5.69 Å². The molecule has 0 aliphatic rings. The van der Waals surface area contributed by atoms with E-state index in [1.807, 2.05) is 19.1 Å².